The van der Waals surface area contributed by atoms with Gasteiger partial charge in [-0.05, 0) is 45.9 Å². The highest BCUT2D eigenvalue weighted by Gasteiger charge is 2.74. The highest BCUT2D eigenvalue weighted by molar-refractivity contribution is 6.14. The van der Waals surface area contributed by atoms with Gasteiger partial charge in [0.15, 0.2) is 0 Å². The van der Waals surface area contributed by atoms with Crippen LogP contribution in [0.1, 0.15) is 33.3 Å². The van der Waals surface area contributed by atoms with E-state index in [1.54, 1.807) is 26.1 Å². The average Bonchev–Trinajstić information content (AvgIpc) is 3.04. The first-order valence-electron chi connectivity index (χ1n) is 8.44. The number of nitrogens with zero attached hydrogens (tertiary/aromatic N) is 1. The summed E-state index contributed by atoms with van der Waals surface area (Å²) in [6.07, 6.45) is 0. The molecule has 132 valence electrons. The van der Waals surface area contributed by atoms with Crippen LogP contribution in [-0.2, 0) is 19.9 Å². The monoisotopic (exact) mass is 346 g/mol. The number of benzene rings is 1. The first kappa shape index (κ1) is 16.2. The minimum atomic E-state index is -1.28. The van der Waals surface area contributed by atoms with Crippen molar-refractivity contribution in [2.45, 2.75) is 44.8 Å². The number of nitrogens with two attached hydrogens (primary N) is 1. The van der Waals surface area contributed by atoms with E-state index in [1.165, 1.54) is 23.1 Å². The van der Waals surface area contributed by atoms with Crippen molar-refractivity contribution in [3.63, 3.8) is 0 Å². The summed E-state index contributed by atoms with van der Waals surface area (Å²) in [5, 5.41) is 4.52. The van der Waals surface area contributed by atoms with Crippen molar-refractivity contribution in [1.82, 2.24) is 4.90 Å². The van der Waals surface area contributed by atoms with Crippen LogP contribution in [0.25, 0.3) is 0 Å². The summed E-state index contributed by atoms with van der Waals surface area (Å²) >= 11 is 0. The normalized spacial score (nSPS) is 33.9. The molecule has 6 nitrogen and oxygen atoms in total. The molecule has 25 heavy (non-hydrogen) atoms. The van der Waals surface area contributed by atoms with Crippen molar-refractivity contribution in [1.29, 1.82) is 0 Å². The predicted octanol–water partition coefficient (Wildman–Crippen LogP) is 0.338. The summed E-state index contributed by atoms with van der Waals surface area (Å²) in [6.45, 7) is 7.24. The molecular formula is C18H21FN3O3+. The molecule has 3 aliphatic rings. The molecule has 0 radical (unpaired) electrons. The van der Waals surface area contributed by atoms with E-state index >= 15 is 0 Å². The number of amides is 3. The Morgan fingerprint density at radius 3 is 2.52 bits per heavy atom. The molecule has 0 bridgehead atoms. The lowest BCUT2D eigenvalue weighted by molar-refractivity contribution is -0.730. The molecule has 0 aliphatic carbocycles. The molecule has 7 heteroatoms. The van der Waals surface area contributed by atoms with E-state index in [9.17, 15) is 18.8 Å². The maximum atomic E-state index is 13.9. The molecule has 0 unspecified atom stereocenters. The smallest absolute Gasteiger partial charge is 0.291 e. The Morgan fingerprint density at radius 2 is 1.88 bits per heavy atom. The molecule has 4 rings (SSSR count). The van der Waals surface area contributed by atoms with Crippen molar-refractivity contribution in [3.8, 4) is 0 Å². The standard InChI is InChI=1S/C18H20FN3O3/c1-8-12-13(15(24)22(14(12)23)17(2,3)4)18(21-8)10-7-9(19)5-6-11(10)20-16(18)25/h5-8,12-13,21H,1-4H3,(H,20,25)/p+1/t8-,12-,13+,18-/m1/s1. The Labute approximate surface area is 144 Å². The molecule has 3 heterocycles. The molecule has 0 saturated carbocycles. The quantitative estimate of drug-likeness (QED) is 0.665. The van der Waals surface area contributed by atoms with E-state index in [4.69, 9.17) is 0 Å². The summed E-state index contributed by atoms with van der Waals surface area (Å²) in [6, 6.07) is 3.83. The van der Waals surface area contributed by atoms with E-state index in [1.807, 2.05) is 6.92 Å². The number of hydrogen-bond acceptors (Lipinski definition) is 3. The van der Waals surface area contributed by atoms with Crippen LogP contribution in [0.4, 0.5) is 10.1 Å². The number of carbonyl (C=O) groups excluding carboxylic acids is 3. The summed E-state index contributed by atoms with van der Waals surface area (Å²) in [7, 11) is 0. The molecule has 1 spiro atoms. The molecule has 0 aromatic heterocycles. The van der Waals surface area contributed by atoms with Crippen molar-refractivity contribution >= 4 is 23.4 Å². The third kappa shape index (κ3) is 1.84. The molecule has 3 N–H and O–H groups in total. The molecular weight excluding hydrogens is 325 g/mol. The van der Waals surface area contributed by atoms with Crippen molar-refractivity contribution in [2.24, 2.45) is 11.8 Å². The van der Waals surface area contributed by atoms with Crippen LogP contribution in [0.5, 0.6) is 0 Å². The number of fused-ring (bicyclic) bond motifs is 4. The third-order valence-electron chi connectivity index (χ3n) is 5.66. The van der Waals surface area contributed by atoms with Gasteiger partial charge < -0.3 is 10.6 Å². The molecule has 1 aromatic rings. The number of hydrogen-bond donors (Lipinski definition) is 2. The zero-order valence-corrected chi connectivity index (χ0v) is 14.6. The van der Waals surface area contributed by atoms with Crippen LogP contribution >= 0.6 is 0 Å². The zero-order valence-electron chi connectivity index (χ0n) is 14.6. The number of quaternary nitrogens is 1. The van der Waals surface area contributed by atoms with E-state index < -0.39 is 28.7 Å². The second-order valence-corrected chi connectivity index (χ2v) is 8.22. The summed E-state index contributed by atoms with van der Waals surface area (Å²) in [5.74, 6) is -2.84. The van der Waals surface area contributed by atoms with Gasteiger partial charge in [0.1, 0.15) is 17.7 Å². The van der Waals surface area contributed by atoms with Gasteiger partial charge in [-0.1, -0.05) is 0 Å². The minimum absolute atomic E-state index is 0.249. The van der Waals surface area contributed by atoms with Crippen molar-refractivity contribution in [3.05, 3.63) is 29.6 Å². The summed E-state index contributed by atoms with van der Waals surface area (Å²) < 4.78 is 13.9. The van der Waals surface area contributed by atoms with Gasteiger partial charge in [0.05, 0.1) is 11.7 Å². The summed E-state index contributed by atoms with van der Waals surface area (Å²) in [5.41, 5.74) is -0.994. The van der Waals surface area contributed by atoms with Crippen LogP contribution in [0.2, 0.25) is 0 Å². The zero-order chi connectivity index (χ0) is 18.3. The van der Waals surface area contributed by atoms with Gasteiger partial charge in [0, 0.05) is 11.1 Å². The summed E-state index contributed by atoms with van der Waals surface area (Å²) in [4.78, 5) is 40.4. The fourth-order valence-corrected chi connectivity index (χ4v) is 4.77. The number of rotatable bonds is 0. The topological polar surface area (TPSA) is 83.1 Å². The predicted molar refractivity (Wildman–Crippen MR) is 86.7 cm³/mol. The second-order valence-electron chi connectivity index (χ2n) is 8.22. The minimum Gasteiger partial charge on any atom is -0.326 e. The van der Waals surface area contributed by atoms with E-state index in [2.05, 4.69) is 5.32 Å². The number of halogens is 1. The SMILES string of the molecule is C[C@H]1[NH2+][C@@]2(C(=O)Nc3ccc(F)cc32)[C@@H]2C(=O)N(C(C)(C)C)C(=O)[C@@H]21. The lowest BCUT2D eigenvalue weighted by Crippen LogP contribution is -2.98. The maximum Gasteiger partial charge on any atom is 0.291 e. The maximum absolute atomic E-state index is 13.9. The first-order valence-corrected chi connectivity index (χ1v) is 8.44. The second kappa shape index (κ2) is 4.66. The van der Waals surface area contributed by atoms with Crippen LogP contribution in [0, 0.1) is 17.7 Å². The average molecular weight is 346 g/mol. The van der Waals surface area contributed by atoms with Crippen molar-refractivity contribution < 1.29 is 24.1 Å². The number of anilines is 1. The van der Waals surface area contributed by atoms with Crippen LogP contribution < -0.4 is 10.6 Å². The van der Waals surface area contributed by atoms with Gasteiger partial charge in [-0.15, -0.1) is 0 Å². The third-order valence-corrected chi connectivity index (χ3v) is 5.66. The van der Waals surface area contributed by atoms with Gasteiger partial charge in [-0.2, -0.15) is 0 Å². The fourth-order valence-electron chi connectivity index (χ4n) is 4.77. The van der Waals surface area contributed by atoms with E-state index in [0.29, 0.717) is 11.3 Å². The van der Waals surface area contributed by atoms with Gasteiger partial charge in [0.2, 0.25) is 17.4 Å². The fraction of sp³-hybridized carbons (Fsp3) is 0.500. The highest BCUT2D eigenvalue weighted by atomic mass is 19.1. The Morgan fingerprint density at radius 1 is 1.20 bits per heavy atom. The number of imide groups is 1. The molecule has 2 fully saturated rings. The van der Waals surface area contributed by atoms with Gasteiger partial charge in [0.25, 0.3) is 5.91 Å². The molecule has 2 saturated heterocycles. The highest BCUT2D eigenvalue weighted by Crippen LogP contribution is 2.50. The first-order chi connectivity index (χ1) is 11.6. The largest absolute Gasteiger partial charge is 0.326 e. The number of carbonyl (C=O) groups is 3. The lowest BCUT2D eigenvalue weighted by atomic mass is 9.76. The number of nitrogens with one attached hydrogen (secondary N) is 1. The number of likely N-dealkylation sites (tertiary alicyclic amines) is 1. The Hall–Kier alpha value is -2.28. The Balaban J connectivity index is 1.92. The van der Waals surface area contributed by atoms with Gasteiger partial charge >= 0.3 is 0 Å². The van der Waals surface area contributed by atoms with Crippen molar-refractivity contribution in [2.75, 3.05) is 5.32 Å². The van der Waals surface area contributed by atoms with Gasteiger partial charge in [-0.3, -0.25) is 19.3 Å². The van der Waals surface area contributed by atoms with E-state index in [-0.39, 0.29) is 23.8 Å². The molecule has 3 aliphatic heterocycles. The Bertz CT molecular complexity index is 831. The van der Waals surface area contributed by atoms with Crippen LogP contribution in [-0.4, -0.2) is 34.2 Å². The van der Waals surface area contributed by atoms with E-state index in [0.717, 1.165) is 0 Å². The Kier molecular flexibility index (Phi) is 3.02. The molecule has 1 aromatic carbocycles. The van der Waals surface area contributed by atoms with Crippen LogP contribution in [0.15, 0.2) is 18.2 Å². The lowest BCUT2D eigenvalue weighted by Gasteiger charge is -2.33. The van der Waals surface area contributed by atoms with Gasteiger partial charge in [-0.25, -0.2) is 4.39 Å². The van der Waals surface area contributed by atoms with Crippen LogP contribution in [0.3, 0.4) is 0 Å². The molecule has 3 amide bonds. The molecule has 4 atom stereocenters.